The maximum Gasteiger partial charge on any atom is 0.253 e. The predicted octanol–water partition coefficient (Wildman–Crippen LogP) is 7.16. The number of nitrogens with two attached hydrogens (primary N) is 1. The third kappa shape index (κ3) is 4.41. The first-order valence-corrected chi connectivity index (χ1v) is 13.4. The zero-order valence-corrected chi connectivity index (χ0v) is 22.0. The number of nitrogens with zero attached hydrogens (tertiary/aromatic N) is 3. The minimum Gasteiger partial charge on any atom is -0.456 e. The summed E-state index contributed by atoms with van der Waals surface area (Å²) < 4.78 is 7.44. The molecule has 0 radical (unpaired) electrons. The molecule has 188 valence electrons. The van der Waals surface area contributed by atoms with Crippen LogP contribution in [0.1, 0.15) is 24.2 Å². The Bertz CT molecular complexity index is 1880. The summed E-state index contributed by atoms with van der Waals surface area (Å²) in [5.74, 6) is 0.729. The highest BCUT2D eigenvalue weighted by Gasteiger charge is 2.13. The highest BCUT2D eigenvalue weighted by Crippen LogP contribution is 2.31. The highest BCUT2D eigenvalue weighted by atomic mass is 32.1. The van der Waals surface area contributed by atoms with Crippen LogP contribution in [-0.4, -0.2) is 28.9 Å². The molecule has 0 spiro atoms. The van der Waals surface area contributed by atoms with E-state index in [4.69, 9.17) is 15.1 Å². The molecule has 0 aliphatic carbocycles. The molecule has 1 amide bonds. The quantitative estimate of drug-likeness (QED) is 0.245. The second-order valence-corrected chi connectivity index (χ2v) is 10.1. The fourth-order valence-electron chi connectivity index (χ4n) is 4.70. The number of carbonyl (C=O) groups is 1. The molecule has 0 fully saturated rings. The molecular formula is C31H26N4O2S. The molecule has 0 saturated carbocycles. The summed E-state index contributed by atoms with van der Waals surface area (Å²) in [6, 6.07) is 27.8. The van der Waals surface area contributed by atoms with E-state index in [1.54, 1.807) is 0 Å². The molecule has 2 aromatic heterocycles. The Hall–Kier alpha value is -4.49. The van der Waals surface area contributed by atoms with Crippen LogP contribution in [0.15, 0.2) is 94.3 Å². The van der Waals surface area contributed by atoms with Gasteiger partial charge in [-0.1, -0.05) is 35.6 Å². The average molecular weight is 519 g/mol. The maximum absolute atomic E-state index is 12.7. The summed E-state index contributed by atoms with van der Waals surface area (Å²) in [5.41, 5.74) is 9.88. The number of rotatable bonds is 5. The molecule has 7 heteroatoms. The summed E-state index contributed by atoms with van der Waals surface area (Å²) >= 11 is 1.45. The van der Waals surface area contributed by atoms with Gasteiger partial charge >= 0.3 is 0 Å². The van der Waals surface area contributed by atoms with Crippen LogP contribution >= 0.6 is 11.3 Å². The lowest BCUT2D eigenvalue weighted by molar-refractivity contribution is 0.0773. The van der Waals surface area contributed by atoms with Crippen molar-refractivity contribution in [1.82, 2.24) is 9.88 Å². The zero-order valence-electron chi connectivity index (χ0n) is 21.1. The van der Waals surface area contributed by atoms with Crippen LogP contribution in [0, 0.1) is 0 Å². The SMILES string of the molecule is CCN(CC)C(=O)c1ccc(N=c2cc(-c3ccc4nc(N)sc4c3)oc3cc4ccccc4cc23)cc1. The molecule has 6 nitrogen and oxygen atoms in total. The van der Waals surface area contributed by atoms with E-state index in [1.165, 1.54) is 11.3 Å². The van der Waals surface area contributed by atoms with Crippen molar-refractivity contribution in [3.63, 3.8) is 0 Å². The number of fused-ring (bicyclic) bond motifs is 3. The van der Waals surface area contributed by atoms with Crippen LogP contribution < -0.4 is 11.1 Å². The topological polar surface area (TPSA) is 84.7 Å². The van der Waals surface area contributed by atoms with Crippen LogP contribution in [0.5, 0.6) is 0 Å². The minimum atomic E-state index is 0.0263. The first-order valence-electron chi connectivity index (χ1n) is 12.6. The van der Waals surface area contributed by atoms with Crippen molar-refractivity contribution in [3.05, 3.63) is 95.8 Å². The van der Waals surface area contributed by atoms with Gasteiger partial charge in [0, 0.05) is 35.7 Å². The summed E-state index contributed by atoms with van der Waals surface area (Å²) in [6.45, 7) is 5.33. The third-order valence-electron chi connectivity index (χ3n) is 6.72. The number of hydrogen-bond donors (Lipinski definition) is 1. The van der Waals surface area contributed by atoms with Gasteiger partial charge in [0.1, 0.15) is 11.3 Å². The molecular weight excluding hydrogens is 492 g/mol. The van der Waals surface area contributed by atoms with Crippen LogP contribution in [-0.2, 0) is 0 Å². The normalized spacial score (nSPS) is 12.0. The van der Waals surface area contributed by atoms with Crippen molar-refractivity contribution < 1.29 is 9.21 Å². The average Bonchev–Trinajstić information content (AvgIpc) is 3.32. The van der Waals surface area contributed by atoms with Gasteiger partial charge < -0.3 is 15.1 Å². The summed E-state index contributed by atoms with van der Waals surface area (Å²) in [7, 11) is 0. The van der Waals surface area contributed by atoms with E-state index < -0.39 is 0 Å². The zero-order chi connectivity index (χ0) is 26.2. The van der Waals surface area contributed by atoms with Crippen molar-refractivity contribution >= 4 is 60.0 Å². The van der Waals surface area contributed by atoms with Crippen molar-refractivity contribution in [2.75, 3.05) is 18.8 Å². The molecule has 0 bridgehead atoms. The molecule has 0 aliphatic heterocycles. The number of thiazole rings is 1. The lowest BCUT2D eigenvalue weighted by Crippen LogP contribution is -2.30. The molecule has 0 atom stereocenters. The summed E-state index contributed by atoms with van der Waals surface area (Å²) in [5, 5.41) is 4.45. The van der Waals surface area contributed by atoms with E-state index in [9.17, 15) is 4.79 Å². The largest absolute Gasteiger partial charge is 0.456 e. The van der Waals surface area contributed by atoms with Gasteiger partial charge in [0.05, 0.1) is 21.3 Å². The minimum absolute atomic E-state index is 0.0263. The monoisotopic (exact) mass is 518 g/mol. The molecule has 6 rings (SSSR count). The molecule has 0 unspecified atom stereocenters. The van der Waals surface area contributed by atoms with E-state index in [0.717, 1.165) is 48.6 Å². The molecule has 0 aliphatic rings. The highest BCUT2D eigenvalue weighted by molar-refractivity contribution is 7.22. The number of nitrogen functional groups attached to an aromatic ring is 1. The Morgan fingerprint density at radius 1 is 0.947 bits per heavy atom. The van der Waals surface area contributed by atoms with Gasteiger partial charge in [-0.3, -0.25) is 4.79 Å². The Labute approximate surface area is 223 Å². The van der Waals surface area contributed by atoms with Gasteiger partial charge in [-0.2, -0.15) is 0 Å². The second-order valence-electron chi connectivity index (χ2n) is 9.06. The van der Waals surface area contributed by atoms with Gasteiger partial charge in [0.15, 0.2) is 5.13 Å². The number of anilines is 1. The Morgan fingerprint density at radius 3 is 2.42 bits per heavy atom. The van der Waals surface area contributed by atoms with Gasteiger partial charge in [-0.05, 0) is 79.2 Å². The van der Waals surface area contributed by atoms with Crippen LogP contribution in [0.25, 0.3) is 43.3 Å². The number of benzene rings is 4. The molecule has 0 saturated heterocycles. The van der Waals surface area contributed by atoms with Crippen LogP contribution in [0.2, 0.25) is 0 Å². The van der Waals surface area contributed by atoms with Crippen molar-refractivity contribution in [2.45, 2.75) is 13.8 Å². The fourth-order valence-corrected chi connectivity index (χ4v) is 5.47. The molecule has 4 aromatic carbocycles. The molecule has 2 N–H and O–H groups in total. The first-order chi connectivity index (χ1) is 18.5. The lowest BCUT2D eigenvalue weighted by Gasteiger charge is -2.18. The van der Waals surface area contributed by atoms with Crippen molar-refractivity contribution in [2.24, 2.45) is 4.99 Å². The van der Waals surface area contributed by atoms with Crippen molar-refractivity contribution in [1.29, 1.82) is 0 Å². The number of hydrogen-bond acceptors (Lipinski definition) is 6. The first kappa shape index (κ1) is 23.9. The van der Waals surface area contributed by atoms with E-state index in [0.29, 0.717) is 29.5 Å². The Morgan fingerprint density at radius 2 is 1.68 bits per heavy atom. The predicted molar refractivity (Wildman–Crippen MR) is 156 cm³/mol. The maximum atomic E-state index is 12.7. The van der Waals surface area contributed by atoms with Gasteiger partial charge in [0.2, 0.25) is 0 Å². The molecule has 2 heterocycles. The summed E-state index contributed by atoms with van der Waals surface area (Å²) in [6.07, 6.45) is 0. The van der Waals surface area contributed by atoms with E-state index in [2.05, 4.69) is 29.2 Å². The van der Waals surface area contributed by atoms with Crippen LogP contribution in [0.4, 0.5) is 10.8 Å². The van der Waals surface area contributed by atoms with Crippen LogP contribution in [0.3, 0.4) is 0 Å². The molecule has 38 heavy (non-hydrogen) atoms. The smallest absolute Gasteiger partial charge is 0.253 e. The number of carbonyl (C=O) groups excluding carboxylic acids is 1. The van der Waals surface area contributed by atoms with Gasteiger partial charge in [0.25, 0.3) is 5.91 Å². The fraction of sp³-hybridized carbons (Fsp3) is 0.129. The van der Waals surface area contributed by atoms with Gasteiger partial charge in [-0.25, -0.2) is 9.98 Å². The van der Waals surface area contributed by atoms with Crippen molar-refractivity contribution in [3.8, 4) is 11.3 Å². The van der Waals surface area contributed by atoms with E-state index in [1.807, 2.05) is 79.4 Å². The lowest BCUT2D eigenvalue weighted by atomic mass is 10.1. The Balaban J connectivity index is 1.52. The van der Waals surface area contributed by atoms with E-state index >= 15 is 0 Å². The molecule has 6 aromatic rings. The Kier molecular flexibility index (Phi) is 6.13. The second kappa shape index (κ2) is 9.76. The number of aromatic nitrogens is 1. The van der Waals surface area contributed by atoms with E-state index in [-0.39, 0.29) is 5.91 Å². The standard InChI is InChI=1S/C31H26N4O2S/c1-3-35(4-2)30(36)19-9-12-23(13-10-19)33-26-18-27(22-11-14-25-29(17-22)38-31(32)34-25)37-28-16-21-8-6-5-7-20(21)15-24(26)28/h5-18H,3-4H2,1-2H3,(H2,32,34). The van der Waals surface area contributed by atoms with Gasteiger partial charge in [-0.15, -0.1) is 0 Å². The third-order valence-corrected chi connectivity index (χ3v) is 7.56. The number of amides is 1. The summed E-state index contributed by atoms with van der Waals surface area (Å²) in [4.78, 5) is 23.9.